The molecule has 2 atom stereocenters. The van der Waals surface area contributed by atoms with E-state index in [1.165, 1.54) is 283 Å². The Labute approximate surface area is 578 Å². The Morgan fingerprint density at radius 2 is 0.613 bits per heavy atom. The number of esters is 2. The highest BCUT2D eigenvalue weighted by molar-refractivity contribution is 7.47. The SMILES string of the molecule is CC/C=C\C/C=C\C/C=C\C/C=C\C/C=C\C/C=C\CCCCCCCCCCCCCCCCC(=O)OC(COC(=O)CCCCCCCCCCCCCCCCCCCCCCCCCCCCCCCCCCCCCC)COP(=O)(O)OCC[N+](C)(C)C. The number of carbonyl (C=O) groups excluding carboxylic acids is 2. The molecule has 0 rings (SSSR count). The lowest BCUT2D eigenvalue weighted by Gasteiger charge is -2.24. The van der Waals surface area contributed by atoms with E-state index in [2.05, 4.69) is 86.8 Å². The van der Waals surface area contributed by atoms with Gasteiger partial charge in [0.1, 0.15) is 19.8 Å². The van der Waals surface area contributed by atoms with Gasteiger partial charge >= 0.3 is 19.8 Å². The first-order valence-corrected chi connectivity index (χ1v) is 41.7. The third-order valence-corrected chi connectivity index (χ3v) is 19.0. The number of rotatable bonds is 75. The van der Waals surface area contributed by atoms with Crippen molar-refractivity contribution in [1.29, 1.82) is 0 Å². The lowest BCUT2D eigenvalue weighted by molar-refractivity contribution is -0.870. The van der Waals surface area contributed by atoms with Crippen LogP contribution in [0.3, 0.4) is 0 Å². The van der Waals surface area contributed by atoms with Gasteiger partial charge in [0, 0.05) is 12.8 Å². The molecule has 1 N–H and O–H groups in total. The van der Waals surface area contributed by atoms with Crippen molar-refractivity contribution in [2.45, 2.75) is 399 Å². The van der Waals surface area contributed by atoms with E-state index in [0.29, 0.717) is 23.9 Å². The molecule has 544 valence electrons. The highest BCUT2D eigenvalue weighted by atomic mass is 31.2. The minimum atomic E-state index is -4.40. The van der Waals surface area contributed by atoms with E-state index in [1.807, 2.05) is 21.1 Å². The van der Waals surface area contributed by atoms with Crippen LogP contribution in [0.5, 0.6) is 0 Å². The molecule has 0 amide bonds. The zero-order chi connectivity index (χ0) is 67.6. The molecule has 0 aromatic rings. The molecule has 0 bridgehead atoms. The van der Waals surface area contributed by atoms with Crippen molar-refractivity contribution in [2.75, 3.05) is 47.5 Å². The van der Waals surface area contributed by atoms with Crippen LogP contribution in [-0.2, 0) is 32.7 Å². The Morgan fingerprint density at radius 3 is 0.914 bits per heavy atom. The average Bonchev–Trinajstić information content (AvgIpc) is 2.30. The average molecular weight is 1330 g/mol. The largest absolute Gasteiger partial charge is 0.472 e. The molecule has 0 aromatic heterocycles. The third kappa shape index (κ3) is 78.3. The van der Waals surface area contributed by atoms with Gasteiger partial charge < -0.3 is 18.9 Å². The monoisotopic (exact) mass is 1330 g/mol. The second-order valence-corrected chi connectivity index (χ2v) is 29.9. The summed E-state index contributed by atoms with van der Waals surface area (Å²) in [6, 6.07) is 0. The fourth-order valence-corrected chi connectivity index (χ4v) is 12.7. The summed E-state index contributed by atoms with van der Waals surface area (Å²) in [6.07, 6.45) is 101. The summed E-state index contributed by atoms with van der Waals surface area (Å²) in [5.74, 6) is -0.780. The molecule has 0 aromatic carbocycles. The molecule has 0 aliphatic heterocycles. The standard InChI is InChI=1S/C83H154NO8P/c1-6-8-10-12-14-16-18-20-22-24-26-28-30-32-34-36-38-40-41-42-44-45-47-49-51-53-55-57-59-61-63-65-67-69-71-73-75-82(85)89-79-81(80-91-93(87,88)90-78-77-84(3,4)5)92-83(86)76-74-72-70-68-66-64-62-60-58-56-54-52-50-48-46-43-39-37-35-33-31-29-27-25-23-21-19-17-15-13-11-9-7-2/h9,11,15,17,21,23,27,29,33,35,39,43,81H,6-8,10,12-14,16,18-20,22,24-26,28,30-32,34,36-38,40-42,44-80H2,1-5H3/p+1/b11-9-,17-15-,23-21-,29-27-,35-33-,43-39-. The van der Waals surface area contributed by atoms with Crippen molar-refractivity contribution < 1.29 is 42.1 Å². The number of likely N-dealkylation sites (N-methyl/N-ethyl adjacent to an activating group) is 1. The molecular weight excluding hydrogens is 1170 g/mol. The molecule has 0 saturated heterocycles. The maximum absolute atomic E-state index is 12.9. The molecule has 0 heterocycles. The maximum atomic E-state index is 12.9. The number of allylic oxidation sites excluding steroid dienone is 12. The van der Waals surface area contributed by atoms with Crippen molar-refractivity contribution in [3.05, 3.63) is 72.9 Å². The number of hydrogen-bond acceptors (Lipinski definition) is 7. The Hall–Kier alpha value is -2.55. The van der Waals surface area contributed by atoms with Crippen LogP contribution >= 0.6 is 7.82 Å². The predicted molar refractivity (Wildman–Crippen MR) is 404 cm³/mol. The van der Waals surface area contributed by atoms with Gasteiger partial charge in [0.15, 0.2) is 6.10 Å². The van der Waals surface area contributed by atoms with E-state index < -0.39 is 26.5 Å². The van der Waals surface area contributed by atoms with Crippen LogP contribution in [-0.4, -0.2) is 74.9 Å². The zero-order valence-corrected chi connectivity index (χ0v) is 63.1. The maximum Gasteiger partial charge on any atom is 0.472 e. The molecule has 93 heavy (non-hydrogen) atoms. The topological polar surface area (TPSA) is 108 Å². The zero-order valence-electron chi connectivity index (χ0n) is 62.3. The highest BCUT2D eigenvalue weighted by Crippen LogP contribution is 2.43. The third-order valence-electron chi connectivity index (χ3n) is 18.0. The Balaban J connectivity index is 3.93. The summed E-state index contributed by atoms with van der Waals surface area (Å²) in [5, 5.41) is 0. The second-order valence-electron chi connectivity index (χ2n) is 28.4. The van der Waals surface area contributed by atoms with E-state index in [9.17, 15) is 19.0 Å². The van der Waals surface area contributed by atoms with Gasteiger partial charge in [0.25, 0.3) is 0 Å². The van der Waals surface area contributed by atoms with E-state index in [-0.39, 0.29) is 25.6 Å². The van der Waals surface area contributed by atoms with Crippen molar-refractivity contribution in [3.63, 3.8) is 0 Å². The molecule has 0 aliphatic carbocycles. The molecule has 2 unspecified atom stereocenters. The molecular formula is C83H155NO8P+. The number of nitrogens with zero attached hydrogens (tertiary/aromatic N) is 1. The number of hydrogen-bond donors (Lipinski definition) is 1. The van der Waals surface area contributed by atoms with Crippen LogP contribution < -0.4 is 0 Å². The van der Waals surface area contributed by atoms with Crippen LogP contribution in [0.25, 0.3) is 0 Å². The van der Waals surface area contributed by atoms with Crippen LogP contribution in [0.4, 0.5) is 0 Å². The van der Waals surface area contributed by atoms with Gasteiger partial charge in [-0.1, -0.05) is 389 Å². The number of phosphoric ester groups is 1. The van der Waals surface area contributed by atoms with Crippen LogP contribution in [0.2, 0.25) is 0 Å². The van der Waals surface area contributed by atoms with Crippen molar-refractivity contribution >= 4 is 19.8 Å². The summed E-state index contributed by atoms with van der Waals surface area (Å²) in [5.41, 5.74) is 0. The van der Waals surface area contributed by atoms with Crippen molar-refractivity contribution in [3.8, 4) is 0 Å². The van der Waals surface area contributed by atoms with Gasteiger partial charge in [-0.05, 0) is 64.2 Å². The fraction of sp³-hybridized carbons (Fsp3) is 0.831. The lowest BCUT2D eigenvalue weighted by atomic mass is 10.0. The minimum absolute atomic E-state index is 0.0320. The van der Waals surface area contributed by atoms with Gasteiger partial charge in [-0.2, -0.15) is 0 Å². The minimum Gasteiger partial charge on any atom is -0.462 e. The molecule has 0 radical (unpaired) electrons. The smallest absolute Gasteiger partial charge is 0.462 e. The number of unbranched alkanes of at least 4 members (excludes halogenated alkanes) is 49. The van der Waals surface area contributed by atoms with Gasteiger partial charge in [0.2, 0.25) is 0 Å². The quantitative estimate of drug-likeness (QED) is 0.0211. The summed E-state index contributed by atoms with van der Waals surface area (Å²) < 4.78 is 34.8. The highest BCUT2D eigenvalue weighted by Gasteiger charge is 2.27. The van der Waals surface area contributed by atoms with E-state index in [4.69, 9.17) is 18.5 Å². The Kier molecular flexibility index (Phi) is 71.7. The first-order chi connectivity index (χ1) is 45.5. The summed E-state index contributed by atoms with van der Waals surface area (Å²) in [7, 11) is 1.49. The van der Waals surface area contributed by atoms with E-state index in [0.717, 1.165) is 77.0 Å². The van der Waals surface area contributed by atoms with E-state index >= 15 is 0 Å². The molecule has 0 saturated carbocycles. The fourth-order valence-electron chi connectivity index (χ4n) is 11.9. The normalized spacial score (nSPS) is 13.4. The Morgan fingerprint density at radius 1 is 0.344 bits per heavy atom. The van der Waals surface area contributed by atoms with Crippen molar-refractivity contribution in [1.82, 2.24) is 0 Å². The van der Waals surface area contributed by atoms with E-state index in [1.54, 1.807) is 0 Å². The first-order valence-electron chi connectivity index (χ1n) is 40.2. The number of ether oxygens (including phenoxy) is 2. The number of quaternary nitrogens is 1. The summed E-state index contributed by atoms with van der Waals surface area (Å²) >= 11 is 0. The van der Waals surface area contributed by atoms with Gasteiger partial charge in [-0.3, -0.25) is 18.6 Å². The van der Waals surface area contributed by atoms with Crippen LogP contribution in [0.15, 0.2) is 72.9 Å². The van der Waals surface area contributed by atoms with Crippen LogP contribution in [0, 0.1) is 0 Å². The molecule has 10 heteroatoms. The second kappa shape index (κ2) is 73.7. The molecule has 9 nitrogen and oxygen atoms in total. The number of carbonyl (C=O) groups is 2. The summed E-state index contributed by atoms with van der Waals surface area (Å²) in [6.45, 7) is 4.38. The van der Waals surface area contributed by atoms with Gasteiger partial charge in [0.05, 0.1) is 27.7 Å². The van der Waals surface area contributed by atoms with Gasteiger partial charge in [-0.25, -0.2) is 4.57 Å². The first kappa shape index (κ1) is 90.5. The number of phosphoric acid groups is 1. The van der Waals surface area contributed by atoms with Crippen molar-refractivity contribution in [2.24, 2.45) is 0 Å². The Bertz CT molecular complexity index is 1800. The predicted octanol–water partition coefficient (Wildman–Crippen LogP) is 26.7. The molecule has 0 aliphatic rings. The molecule has 0 fully saturated rings. The van der Waals surface area contributed by atoms with Gasteiger partial charge in [-0.15, -0.1) is 0 Å². The summed E-state index contributed by atoms with van der Waals surface area (Å²) in [4.78, 5) is 36.0. The lowest BCUT2D eigenvalue weighted by Crippen LogP contribution is -2.37. The van der Waals surface area contributed by atoms with Crippen LogP contribution in [0.1, 0.15) is 393 Å². The molecule has 0 spiro atoms.